The van der Waals surface area contributed by atoms with Crippen LogP contribution < -0.4 is 9.62 Å². The van der Waals surface area contributed by atoms with Gasteiger partial charge in [0.25, 0.3) is 0 Å². The van der Waals surface area contributed by atoms with Crippen molar-refractivity contribution in [3.63, 3.8) is 0 Å². The van der Waals surface area contributed by atoms with Crippen molar-refractivity contribution in [1.29, 1.82) is 0 Å². The molecule has 1 N–H and O–H groups in total. The summed E-state index contributed by atoms with van der Waals surface area (Å²) in [5.74, 6) is -0.238. The SMILES string of the molecule is Cc1ccc(CCCC(=O)NCCS(=O)(=O)N(C)c2ccccc2)cc1C. The lowest BCUT2D eigenvalue weighted by atomic mass is 10.0. The summed E-state index contributed by atoms with van der Waals surface area (Å²) in [5, 5.41) is 2.71. The van der Waals surface area contributed by atoms with E-state index in [1.54, 1.807) is 24.3 Å². The maximum atomic E-state index is 12.3. The van der Waals surface area contributed by atoms with E-state index in [9.17, 15) is 13.2 Å². The Balaban J connectivity index is 1.73. The Labute approximate surface area is 162 Å². The summed E-state index contributed by atoms with van der Waals surface area (Å²) >= 11 is 0. The number of amides is 1. The van der Waals surface area contributed by atoms with Crippen LogP contribution >= 0.6 is 0 Å². The number of carbonyl (C=O) groups is 1. The predicted octanol–water partition coefficient (Wildman–Crippen LogP) is 3.21. The third-order valence-corrected chi connectivity index (χ3v) is 6.43. The van der Waals surface area contributed by atoms with Gasteiger partial charge >= 0.3 is 0 Å². The van der Waals surface area contributed by atoms with E-state index in [1.165, 1.54) is 28.0 Å². The van der Waals surface area contributed by atoms with Gasteiger partial charge in [0.15, 0.2) is 0 Å². The molecule has 0 saturated heterocycles. The van der Waals surface area contributed by atoms with Gasteiger partial charge in [0.2, 0.25) is 15.9 Å². The molecule has 27 heavy (non-hydrogen) atoms. The Morgan fingerprint density at radius 1 is 1.04 bits per heavy atom. The number of anilines is 1. The average molecular weight is 389 g/mol. The number of nitrogens with zero attached hydrogens (tertiary/aromatic N) is 1. The first kappa shape index (κ1) is 21.0. The molecule has 5 nitrogen and oxygen atoms in total. The molecule has 0 aliphatic heterocycles. The normalized spacial score (nSPS) is 11.2. The zero-order valence-electron chi connectivity index (χ0n) is 16.2. The summed E-state index contributed by atoms with van der Waals surface area (Å²) in [4.78, 5) is 12.0. The van der Waals surface area contributed by atoms with Crippen molar-refractivity contribution in [2.24, 2.45) is 0 Å². The summed E-state index contributed by atoms with van der Waals surface area (Å²) in [6, 6.07) is 15.2. The number of aryl methyl sites for hydroxylation is 3. The molecule has 0 radical (unpaired) electrons. The lowest BCUT2D eigenvalue weighted by molar-refractivity contribution is -0.121. The van der Waals surface area contributed by atoms with E-state index in [2.05, 4.69) is 37.4 Å². The molecule has 0 spiro atoms. The maximum absolute atomic E-state index is 12.3. The summed E-state index contributed by atoms with van der Waals surface area (Å²) in [5.41, 5.74) is 4.35. The van der Waals surface area contributed by atoms with Crippen LogP contribution in [0.25, 0.3) is 0 Å². The van der Waals surface area contributed by atoms with Gasteiger partial charge in [-0.15, -0.1) is 0 Å². The van der Waals surface area contributed by atoms with Crippen LogP contribution in [0.1, 0.15) is 29.5 Å². The molecule has 0 atom stereocenters. The lowest BCUT2D eigenvalue weighted by Crippen LogP contribution is -2.35. The van der Waals surface area contributed by atoms with Crippen molar-refractivity contribution < 1.29 is 13.2 Å². The first-order valence-corrected chi connectivity index (χ1v) is 10.7. The van der Waals surface area contributed by atoms with Gasteiger partial charge in [0.1, 0.15) is 0 Å². The molecule has 0 heterocycles. The van der Waals surface area contributed by atoms with Gasteiger partial charge in [-0.3, -0.25) is 9.10 Å². The number of carbonyl (C=O) groups excluding carboxylic acids is 1. The van der Waals surface area contributed by atoms with Crippen LogP contribution in [0.2, 0.25) is 0 Å². The van der Waals surface area contributed by atoms with E-state index in [1.807, 2.05) is 6.07 Å². The van der Waals surface area contributed by atoms with Crippen molar-refractivity contribution in [2.75, 3.05) is 23.7 Å². The van der Waals surface area contributed by atoms with Gasteiger partial charge in [-0.05, 0) is 55.5 Å². The molecule has 6 heteroatoms. The number of hydrogen-bond acceptors (Lipinski definition) is 3. The zero-order valence-corrected chi connectivity index (χ0v) is 17.1. The molecule has 2 aromatic carbocycles. The van der Waals surface area contributed by atoms with Gasteiger partial charge in [-0.25, -0.2) is 8.42 Å². The van der Waals surface area contributed by atoms with Crippen molar-refractivity contribution in [1.82, 2.24) is 5.32 Å². The maximum Gasteiger partial charge on any atom is 0.236 e. The third-order valence-electron chi connectivity index (χ3n) is 4.66. The monoisotopic (exact) mass is 388 g/mol. The second-order valence-corrected chi connectivity index (χ2v) is 8.86. The van der Waals surface area contributed by atoms with Crippen LogP contribution in [-0.2, 0) is 21.2 Å². The fourth-order valence-corrected chi connectivity index (χ4v) is 3.83. The van der Waals surface area contributed by atoms with E-state index in [0.717, 1.165) is 12.8 Å². The van der Waals surface area contributed by atoms with E-state index in [4.69, 9.17) is 0 Å². The summed E-state index contributed by atoms with van der Waals surface area (Å²) in [6.07, 6.45) is 1.97. The molecule has 0 saturated carbocycles. The number of hydrogen-bond donors (Lipinski definition) is 1. The minimum absolute atomic E-state index is 0.113. The molecule has 0 aromatic heterocycles. The number of benzene rings is 2. The van der Waals surface area contributed by atoms with Gasteiger partial charge in [-0.1, -0.05) is 36.4 Å². The molecule has 2 rings (SSSR count). The average Bonchev–Trinajstić information content (AvgIpc) is 2.64. The molecule has 2 aromatic rings. The molecule has 0 aliphatic rings. The minimum Gasteiger partial charge on any atom is -0.355 e. The Kier molecular flexibility index (Phi) is 7.42. The molecular weight excluding hydrogens is 360 g/mol. The molecule has 0 bridgehead atoms. The number of sulfonamides is 1. The lowest BCUT2D eigenvalue weighted by Gasteiger charge is -2.19. The van der Waals surface area contributed by atoms with Gasteiger partial charge in [-0.2, -0.15) is 0 Å². The Bertz CT molecular complexity index is 864. The smallest absolute Gasteiger partial charge is 0.236 e. The zero-order chi connectivity index (χ0) is 19.9. The summed E-state index contributed by atoms with van der Waals surface area (Å²) in [6.45, 7) is 4.27. The van der Waals surface area contributed by atoms with Crippen molar-refractivity contribution in [3.8, 4) is 0 Å². The predicted molar refractivity (Wildman–Crippen MR) is 110 cm³/mol. The highest BCUT2D eigenvalue weighted by Crippen LogP contribution is 2.15. The standard InChI is InChI=1S/C21H28N2O3S/c1-17-12-13-19(16-18(17)2)8-7-11-21(24)22-14-15-27(25,26)23(3)20-9-5-4-6-10-20/h4-6,9-10,12-13,16H,7-8,11,14-15H2,1-3H3,(H,22,24). The highest BCUT2D eigenvalue weighted by atomic mass is 32.2. The largest absolute Gasteiger partial charge is 0.355 e. The number of rotatable bonds is 9. The Morgan fingerprint density at radius 3 is 2.41 bits per heavy atom. The molecule has 1 amide bonds. The fraction of sp³-hybridized carbons (Fsp3) is 0.381. The quantitative estimate of drug-likeness (QED) is 0.717. The highest BCUT2D eigenvalue weighted by molar-refractivity contribution is 7.92. The van der Waals surface area contributed by atoms with Gasteiger partial charge in [0, 0.05) is 20.0 Å². The molecule has 0 aliphatic carbocycles. The van der Waals surface area contributed by atoms with E-state index < -0.39 is 10.0 Å². The van der Waals surface area contributed by atoms with Crippen LogP contribution in [0.15, 0.2) is 48.5 Å². The first-order valence-electron chi connectivity index (χ1n) is 9.14. The van der Waals surface area contributed by atoms with Gasteiger partial charge in [0.05, 0.1) is 11.4 Å². The van der Waals surface area contributed by atoms with E-state index >= 15 is 0 Å². The van der Waals surface area contributed by atoms with Crippen LogP contribution in [-0.4, -0.2) is 33.7 Å². The van der Waals surface area contributed by atoms with Crippen LogP contribution in [0.5, 0.6) is 0 Å². The van der Waals surface area contributed by atoms with E-state index in [0.29, 0.717) is 12.1 Å². The van der Waals surface area contributed by atoms with Crippen LogP contribution in [0, 0.1) is 13.8 Å². The van der Waals surface area contributed by atoms with Crippen molar-refractivity contribution >= 4 is 21.6 Å². The first-order chi connectivity index (χ1) is 12.8. The summed E-state index contributed by atoms with van der Waals surface area (Å²) < 4.78 is 25.9. The topological polar surface area (TPSA) is 66.5 Å². The van der Waals surface area contributed by atoms with Crippen LogP contribution in [0.3, 0.4) is 0 Å². The van der Waals surface area contributed by atoms with E-state index in [-0.39, 0.29) is 18.2 Å². The Morgan fingerprint density at radius 2 is 1.74 bits per heavy atom. The second kappa shape index (κ2) is 9.55. The molecule has 146 valence electrons. The minimum atomic E-state index is -3.46. The summed E-state index contributed by atoms with van der Waals surface area (Å²) in [7, 11) is -1.94. The highest BCUT2D eigenvalue weighted by Gasteiger charge is 2.18. The van der Waals surface area contributed by atoms with Crippen molar-refractivity contribution in [2.45, 2.75) is 33.1 Å². The van der Waals surface area contributed by atoms with Crippen LogP contribution in [0.4, 0.5) is 5.69 Å². The fourth-order valence-electron chi connectivity index (χ4n) is 2.76. The molecule has 0 fully saturated rings. The van der Waals surface area contributed by atoms with Gasteiger partial charge < -0.3 is 5.32 Å². The number of para-hydroxylation sites is 1. The molecular formula is C21H28N2O3S. The molecule has 0 unspecified atom stereocenters. The van der Waals surface area contributed by atoms with Crippen molar-refractivity contribution in [3.05, 3.63) is 65.2 Å². The Hall–Kier alpha value is -2.34. The third kappa shape index (κ3) is 6.40. The second-order valence-electron chi connectivity index (χ2n) is 6.74. The number of nitrogens with one attached hydrogen (secondary N) is 1.